The minimum atomic E-state index is -0.587. The summed E-state index contributed by atoms with van der Waals surface area (Å²) in [5.41, 5.74) is 0.718. The normalized spacial score (nSPS) is 16.2. The SMILES string of the molecule is COc1ccc(C(=O)Oc2ccc([N+](=O)[O-])cc2)c2cc(C3CCOC3)oc12. The molecule has 1 saturated heterocycles. The lowest BCUT2D eigenvalue weighted by Gasteiger charge is -2.07. The van der Waals surface area contributed by atoms with E-state index in [9.17, 15) is 14.9 Å². The number of rotatable bonds is 5. The third-order valence-corrected chi connectivity index (χ3v) is 4.70. The van der Waals surface area contributed by atoms with E-state index in [1.165, 1.54) is 31.4 Å². The third kappa shape index (κ3) is 3.29. The van der Waals surface area contributed by atoms with Crippen molar-refractivity contribution < 1.29 is 28.3 Å². The fourth-order valence-corrected chi connectivity index (χ4v) is 3.21. The zero-order chi connectivity index (χ0) is 19.7. The maximum atomic E-state index is 12.7. The molecule has 144 valence electrons. The van der Waals surface area contributed by atoms with E-state index in [-0.39, 0.29) is 17.4 Å². The number of methoxy groups -OCH3 is 1. The van der Waals surface area contributed by atoms with Crippen LogP contribution in [0.15, 0.2) is 46.9 Å². The standard InChI is InChI=1S/C20H17NO7/c1-25-17-7-6-15(16-10-18(28-19(16)17)12-8-9-26-11-12)20(22)27-14-4-2-13(3-5-14)21(23)24/h2-7,10,12H,8-9,11H2,1H3. The lowest BCUT2D eigenvalue weighted by Crippen LogP contribution is -2.09. The molecule has 1 aliphatic rings. The van der Waals surface area contributed by atoms with Crippen LogP contribution in [0.4, 0.5) is 5.69 Å². The summed E-state index contributed by atoms with van der Waals surface area (Å²) < 4.78 is 22.1. The first-order valence-electron chi connectivity index (χ1n) is 8.71. The van der Waals surface area contributed by atoms with Gasteiger partial charge >= 0.3 is 5.97 Å². The number of fused-ring (bicyclic) bond motifs is 1. The smallest absolute Gasteiger partial charge is 0.344 e. The van der Waals surface area contributed by atoms with Crippen LogP contribution >= 0.6 is 0 Å². The van der Waals surface area contributed by atoms with Crippen LogP contribution in [0.2, 0.25) is 0 Å². The molecule has 0 spiro atoms. The van der Waals surface area contributed by atoms with E-state index >= 15 is 0 Å². The number of esters is 1. The van der Waals surface area contributed by atoms with Crippen molar-refractivity contribution in [3.8, 4) is 11.5 Å². The van der Waals surface area contributed by atoms with Crippen LogP contribution in [0.5, 0.6) is 11.5 Å². The van der Waals surface area contributed by atoms with Crippen molar-refractivity contribution in [2.45, 2.75) is 12.3 Å². The maximum absolute atomic E-state index is 12.7. The molecule has 2 aromatic carbocycles. The molecule has 0 aliphatic carbocycles. The predicted octanol–water partition coefficient (Wildman–Crippen LogP) is 4.07. The van der Waals surface area contributed by atoms with E-state index in [2.05, 4.69) is 0 Å². The summed E-state index contributed by atoms with van der Waals surface area (Å²) >= 11 is 0. The minimum Gasteiger partial charge on any atom is -0.493 e. The molecule has 28 heavy (non-hydrogen) atoms. The molecule has 3 aromatic rings. The Hall–Kier alpha value is -3.39. The van der Waals surface area contributed by atoms with Crippen LogP contribution in [-0.4, -0.2) is 31.2 Å². The number of carbonyl (C=O) groups is 1. The Balaban J connectivity index is 1.66. The second-order valence-corrected chi connectivity index (χ2v) is 6.41. The van der Waals surface area contributed by atoms with Crippen molar-refractivity contribution in [3.63, 3.8) is 0 Å². The predicted molar refractivity (Wildman–Crippen MR) is 99.0 cm³/mol. The average molecular weight is 383 g/mol. The van der Waals surface area contributed by atoms with Crippen LogP contribution in [-0.2, 0) is 4.74 Å². The second kappa shape index (κ2) is 7.32. The van der Waals surface area contributed by atoms with Crippen molar-refractivity contribution in [1.29, 1.82) is 0 Å². The first-order chi connectivity index (χ1) is 13.6. The number of nitro benzene ring substituents is 1. The van der Waals surface area contributed by atoms with Gasteiger partial charge < -0.3 is 18.6 Å². The van der Waals surface area contributed by atoms with Gasteiger partial charge in [0.1, 0.15) is 11.5 Å². The highest BCUT2D eigenvalue weighted by Crippen LogP contribution is 2.36. The van der Waals surface area contributed by atoms with Gasteiger partial charge in [-0.3, -0.25) is 10.1 Å². The van der Waals surface area contributed by atoms with E-state index in [1.54, 1.807) is 12.1 Å². The number of carbonyl (C=O) groups excluding carboxylic acids is 1. The Morgan fingerprint density at radius 3 is 2.64 bits per heavy atom. The number of hydrogen-bond acceptors (Lipinski definition) is 7. The van der Waals surface area contributed by atoms with Crippen molar-refractivity contribution >= 4 is 22.6 Å². The highest BCUT2D eigenvalue weighted by atomic mass is 16.6. The topological polar surface area (TPSA) is 101 Å². The van der Waals surface area contributed by atoms with Crippen LogP contribution < -0.4 is 9.47 Å². The van der Waals surface area contributed by atoms with Gasteiger partial charge in [0.15, 0.2) is 11.3 Å². The molecule has 0 saturated carbocycles. The van der Waals surface area contributed by atoms with E-state index in [0.29, 0.717) is 35.5 Å². The summed E-state index contributed by atoms with van der Waals surface area (Å²) in [7, 11) is 1.53. The van der Waals surface area contributed by atoms with E-state index in [1.807, 2.05) is 6.07 Å². The summed E-state index contributed by atoms with van der Waals surface area (Å²) in [6, 6.07) is 10.4. The molecule has 4 rings (SSSR count). The Bertz CT molecular complexity index is 1030. The Labute approximate surface area is 159 Å². The summed E-state index contributed by atoms with van der Waals surface area (Å²) in [4.78, 5) is 22.9. The molecular formula is C20H17NO7. The molecule has 8 heteroatoms. The summed E-state index contributed by atoms with van der Waals surface area (Å²) in [5, 5.41) is 11.3. The molecule has 0 bridgehead atoms. The largest absolute Gasteiger partial charge is 0.493 e. The number of nitro groups is 1. The molecular weight excluding hydrogens is 366 g/mol. The summed E-state index contributed by atoms with van der Waals surface area (Å²) in [6.07, 6.45) is 0.852. The van der Waals surface area contributed by atoms with Gasteiger partial charge in [-0.05, 0) is 36.8 Å². The average Bonchev–Trinajstić information content (AvgIpc) is 3.37. The third-order valence-electron chi connectivity index (χ3n) is 4.70. The Morgan fingerprint density at radius 1 is 1.21 bits per heavy atom. The minimum absolute atomic E-state index is 0.0788. The van der Waals surface area contributed by atoms with Crippen LogP contribution in [0.3, 0.4) is 0 Å². The molecule has 1 unspecified atom stereocenters. The van der Waals surface area contributed by atoms with Crippen LogP contribution in [0.1, 0.15) is 28.5 Å². The van der Waals surface area contributed by atoms with Gasteiger partial charge in [0.05, 0.1) is 24.2 Å². The van der Waals surface area contributed by atoms with Gasteiger partial charge in [0.25, 0.3) is 5.69 Å². The molecule has 1 aliphatic heterocycles. The van der Waals surface area contributed by atoms with Gasteiger partial charge in [-0.25, -0.2) is 4.79 Å². The van der Waals surface area contributed by atoms with Gasteiger partial charge in [0.2, 0.25) is 0 Å². The number of nitrogens with zero attached hydrogens (tertiary/aromatic N) is 1. The van der Waals surface area contributed by atoms with Crippen molar-refractivity contribution in [1.82, 2.24) is 0 Å². The van der Waals surface area contributed by atoms with Gasteiger partial charge in [-0.2, -0.15) is 0 Å². The number of non-ortho nitro benzene ring substituents is 1. The van der Waals surface area contributed by atoms with Crippen molar-refractivity contribution in [2.75, 3.05) is 20.3 Å². The van der Waals surface area contributed by atoms with Crippen molar-refractivity contribution in [2.24, 2.45) is 0 Å². The lowest BCUT2D eigenvalue weighted by atomic mass is 10.0. The van der Waals surface area contributed by atoms with Gasteiger partial charge in [-0.1, -0.05) is 0 Å². The first-order valence-corrected chi connectivity index (χ1v) is 8.71. The molecule has 0 amide bonds. The van der Waals surface area contributed by atoms with E-state index in [0.717, 1.165) is 12.2 Å². The molecule has 8 nitrogen and oxygen atoms in total. The molecule has 2 heterocycles. The molecule has 0 N–H and O–H groups in total. The van der Waals surface area contributed by atoms with E-state index in [4.69, 9.17) is 18.6 Å². The second-order valence-electron chi connectivity index (χ2n) is 6.41. The van der Waals surface area contributed by atoms with Gasteiger partial charge in [0, 0.05) is 30.0 Å². The Morgan fingerprint density at radius 2 is 2.00 bits per heavy atom. The lowest BCUT2D eigenvalue weighted by molar-refractivity contribution is -0.384. The first kappa shape index (κ1) is 18.0. The summed E-state index contributed by atoms with van der Waals surface area (Å²) in [6.45, 7) is 1.25. The number of hydrogen-bond donors (Lipinski definition) is 0. The number of benzene rings is 2. The number of furan rings is 1. The fraction of sp³-hybridized carbons (Fsp3) is 0.250. The molecule has 1 atom stereocenters. The number of ether oxygens (including phenoxy) is 3. The zero-order valence-electron chi connectivity index (χ0n) is 15.0. The molecule has 1 aromatic heterocycles. The monoisotopic (exact) mass is 383 g/mol. The Kier molecular flexibility index (Phi) is 4.70. The highest BCUT2D eigenvalue weighted by molar-refractivity contribution is 6.05. The quantitative estimate of drug-likeness (QED) is 0.283. The molecule has 0 radical (unpaired) electrons. The van der Waals surface area contributed by atoms with E-state index < -0.39 is 10.9 Å². The molecule has 1 fully saturated rings. The van der Waals surface area contributed by atoms with Crippen LogP contribution in [0.25, 0.3) is 11.0 Å². The van der Waals surface area contributed by atoms with Gasteiger partial charge in [-0.15, -0.1) is 0 Å². The fourth-order valence-electron chi connectivity index (χ4n) is 3.21. The summed E-state index contributed by atoms with van der Waals surface area (Å²) in [5.74, 6) is 1.02. The highest BCUT2D eigenvalue weighted by Gasteiger charge is 2.25. The zero-order valence-corrected chi connectivity index (χ0v) is 15.0. The van der Waals surface area contributed by atoms with Crippen LogP contribution in [0, 0.1) is 10.1 Å². The van der Waals surface area contributed by atoms with Crippen molar-refractivity contribution in [3.05, 3.63) is 63.9 Å². The maximum Gasteiger partial charge on any atom is 0.344 e.